The SMILES string of the molecule is Cc1cccnc1OCC(C)(C)NC(=O)[C@@H]1C2CN(C(=O)OC(C)OC(=O)C(C)C)C[C@]21C1CC1. The van der Waals surface area contributed by atoms with E-state index in [0.717, 1.165) is 18.4 Å². The molecule has 0 aromatic carbocycles. The summed E-state index contributed by atoms with van der Waals surface area (Å²) < 4.78 is 16.4. The average Bonchev–Trinajstić information content (AvgIpc) is 3.69. The minimum Gasteiger partial charge on any atom is -0.475 e. The number of ether oxygens (including phenoxy) is 3. The molecule has 9 heteroatoms. The Balaban J connectivity index is 1.32. The number of carbonyl (C=O) groups is 3. The Hall–Kier alpha value is -2.84. The van der Waals surface area contributed by atoms with Crippen LogP contribution < -0.4 is 10.1 Å². The third-order valence-electron chi connectivity index (χ3n) is 7.34. The molecule has 2 saturated carbocycles. The van der Waals surface area contributed by atoms with Crippen LogP contribution in [-0.2, 0) is 19.1 Å². The number of nitrogens with zero attached hydrogens (tertiary/aromatic N) is 2. The number of fused-ring (bicyclic) bond motifs is 1. The number of aromatic nitrogens is 1. The quantitative estimate of drug-likeness (QED) is 0.421. The number of pyridine rings is 1. The Morgan fingerprint density at radius 2 is 1.94 bits per heavy atom. The van der Waals surface area contributed by atoms with Crippen molar-refractivity contribution in [1.29, 1.82) is 0 Å². The van der Waals surface area contributed by atoms with E-state index >= 15 is 0 Å². The molecule has 1 saturated heterocycles. The van der Waals surface area contributed by atoms with Crippen LogP contribution in [0.3, 0.4) is 0 Å². The largest absolute Gasteiger partial charge is 0.475 e. The lowest BCUT2D eigenvalue weighted by Crippen LogP contribution is -2.50. The van der Waals surface area contributed by atoms with E-state index in [2.05, 4.69) is 10.3 Å². The second-order valence-corrected chi connectivity index (χ2v) is 11.2. The number of hydrogen-bond donors (Lipinski definition) is 1. The Morgan fingerprint density at radius 1 is 1.23 bits per heavy atom. The minimum atomic E-state index is -0.950. The molecule has 2 amide bonds. The molecule has 35 heavy (non-hydrogen) atoms. The van der Waals surface area contributed by atoms with Gasteiger partial charge in [0.05, 0.1) is 17.4 Å². The summed E-state index contributed by atoms with van der Waals surface area (Å²) in [5.74, 6) is 0.321. The molecule has 1 N–H and O–H groups in total. The van der Waals surface area contributed by atoms with E-state index in [-0.39, 0.29) is 29.1 Å². The van der Waals surface area contributed by atoms with E-state index in [1.807, 2.05) is 32.9 Å². The smallest absolute Gasteiger partial charge is 0.412 e. The summed E-state index contributed by atoms with van der Waals surface area (Å²) >= 11 is 0. The number of nitrogens with one attached hydrogen (secondary N) is 1. The van der Waals surface area contributed by atoms with Crippen LogP contribution in [0.25, 0.3) is 0 Å². The molecular weight excluding hydrogens is 450 g/mol. The van der Waals surface area contributed by atoms with Crippen LogP contribution in [0, 0.1) is 36.0 Å². The highest BCUT2D eigenvalue weighted by Gasteiger charge is 2.77. The van der Waals surface area contributed by atoms with Gasteiger partial charge in [0.1, 0.15) is 6.61 Å². The van der Waals surface area contributed by atoms with E-state index in [0.29, 0.717) is 31.5 Å². The Labute approximate surface area is 206 Å². The van der Waals surface area contributed by atoms with Gasteiger partial charge in [-0.05, 0) is 51.5 Å². The summed E-state index contributed by atoms with van der Waals surface area (Å²) in [5.41, 5.74) is 0.186. The lowest BCUT2D eigenvalue weighted by molar-refractivity contribution is -0.169. The maximum absolute atomic E-state index is 13.3. The first-order valence-corrected chi connectivity index (χ1v) is 12.5. The lowest BCUT2D eigenvalue weighted by Gasteiger charge is -2.29. The first-order valence-electron chi connectivity index (χ1n) is 12.5. The first kappa shape index (κ1) is 25.3. The number of esters is 1. The second-order valence-electron chi connectivity index (χ2n) is 11.2. The highest BCUT2D eigenvalue weighted by molar-refractivity contribution is 5.85. The van der Waals surface area contributed by atoms with Crippen molar-refractivity contribution in [3.8, 4) is 5.88 Å². The standard InChI is InChI=1S/C26H37N3O6/c1-15(2)23(31)34-17(4)35-24(32)29-12-19-20(26(19,13-29)18-9-10-18)21(30)28-25(5,6)14-33-22-16(3)8-7-11-27-22/h7-8,11,15,17-20H,9-10,12-14H2,1-6H3,(H,28,30)/t17?,19?,20-,26-/m0/s1. The Kier molecular flexibility index (Phi) is 6.72. The number of amides is 2. The number of hydrogen-bond acceptors (Lipinski definition) is 7. The predicted octanol–water partition coefficient (Wildman–Crippen LogP) is 3.30. The van der Waals surface area contributed by atoms with Gasteiger partial charge in [0, 0.05) is 37.2 Å². The van der Waals surface area contributed by atoms with Gasteiger partial charge in [-0.15, -0.1) is 0 Å². The zero-order chi connectivity index (χ0) is 25.5. The van der Waals surface area contributed by atoms with Gasteiger partial charge in [0.2, 0.25) is 18.1 Å². The van der Waals surface area contributed by atoms with Crippen molar-refractivity contribution in [2.24, 2.45) is 29.1 Å². The van der Waals surface area contributed by atoms with Crippen molar-refractivity contribution < 1.29 is 28.6 Å². The Bertz CT molecular complexity index is 991. The molecule has 4 atom stereocenters. The van der Waals surface area contributed by atoms with Gasteiger partial charge in [0.15, 0.2) is 0 Å². The molecule has 3 aliphatic rings. The van der Waals surface area contributed by atoms with Crippen LogP contribution in [0.5, 0.6) is 5.88 Å². The highest BCUT2D eigenvalue weighted by Crippen LogP contribution is 2.72. The van der Waals surface area contributed by atoms with Gasteiger partial charge in [-0.1, -0.05) is 19.9 Å². The van der Waals surface area contributed by atoms with Crippen molar-refractivity contribution in [2.75, 3.05) is 19.7 Å². The van der Waals surface area contributed by atoms with Gasteiger partial charge in [-0.25, -0.2) is 9.78 Å². The Morgan fingerprint density at radius 3 is 2.57 bits per heavy atom. The molecule has 0 bridgehead atoms. The van der Waals surface area contributed by atoms with Crippen LogP contribution in [0.15, 0.2) is 18.3 Å². The number of aryl methyl sites for hydroxylation is 1. The van der Waals surface area contributed by atoms with Gasteiger partial charge in [-0.3, -0.25) is 9.59 Å². The minimum absolute atomic E-state index is 0.0143. The molecule has 1 aromatic heterocycles. The summed E-state index contributed by atoms with van der Waals surface area (Å²) in [6.45, 7) is 12.1. The summed E-state index contributed by atoms with van der Waals surface area (Å²) in [7, 11) is 0. The topological polar surface area (TPSA) is 107 Å². The molecule has 1 aliphatic heterocycles. The fourth-order valence-corrected chi connectivity index (χ4v) is 5.40. The molecule has 2 unspecified atom stereocenters. The normalized spacial score (nSPS) is 26.1. The maximum atomic E-state index is 13.3. The highest BCUT2D eigenvalue weighted by atomic mass is 16.7. The monoisotopic (exact) mass is 487 g/mol. The third-order valence-corrected chi connectivity index (χ3v) is 7.34. The fourth-order valence-electron chi connectivity index (χ4n) is 5.40. The second kappa shape index (κ2) is 9.32. The predicted molar refractivity (Wildman–Crippen MR) is 127 cm³/mol. The number of piperidine rings is 1. The van der Waals surface area contributed by atoms with Crippen LogP contribution >= 0.6 is 0 Å². The van der Waals surface area contributed by atoms with Crippen LogP contribution in [0.2, 0.25) is 0 Å². The molecule has 4 rings (SSSR count). The van der Waals surface area contributed by atoms with Gasteiger partial charge in [-0.2, -0.15) is 0 Å². The van der Waals surface area contributed by atoms with Crippen molar-refractivity contribution in [3.05, 3.63) is 23.9 Å². The summed E-state index contributed by atoms with van der Waals surface area (Å²) in [6, 6.07) is 3.79. The van der Waals surface area contributed by atoms with Crippen molar-refractivity contribution in [3.63, 3.8) is 0 Å². The van der Waals surface area contributed by atoms with E-state index in [1.54, 1.807) is 31.9 Å². The van der Waals surface area contributed by atoms with Gasteiger partial charge < -0.3 is 24.4 Å². The van der Waals surface area contributed by atoms with Crippen molar-refractivity contribution in [2.45, 2.75) is 66.2 Å². The van der Waals surface area contributed by atoms with Crippen LogP contribution in [-0.4, -0.2) is 59.4 Å². The zero-order valence-corrected chi connectivity index (χ0v) is 21.5. The zero-order valence-electron chi connectivity index (χ0n) is 21.5. The molecule has 1 aromatic rings. The van der Waals surface area contributed by atoms with Crippen molar-refractivity contribution >= 4 is 18.0 Å². The number of rotatable bonds is 9. The third kappa shape index (κ3) is 5.23. The molecule has 192 valence electrons. The fraction of sp³-hybridized carbons (Fsp3) is 0.692. The van der Waals surface area contributed by atoms with E-state index in [1.165, 1.54) is 0 Å². The molecule has 2 heterocycles. The lowest BCUT2D eigenvalue weighted by atomic mass is 9.96. The van der Waals surface area contributed by atoms with Crippen LogP contribution in [0.4, 0.5) is 4.79 Å². The van der Waals surface area contributed by atoms with Crippen molar-refractivity contribution in [1.82, 2.24) is 15.2 Å². The van der Waals surface area contributed by atoms with Crippen LogP contribution in [0.1, 0.15) is 53.0 Å². The average molecular weight is 488 g/mol. The first-order chi connectivity index (χ1) is 16.4. The van der Waals surface area contributed by atoms with Gasteiger partial charge in [0.25, 0.3) is 0 Å². The van der Waals surface area contributed by atoms with E-state index in [9.17, 15) is 14.4 Å². The molecular formula is C26H37N3O6. The molecule has 2 aliphatic carbocycles. The number of carbonyl (C=O) groups excluding carboxylic acids is 3. The van der Waals surface area contributed by atoms with Gasteiger partial charge >= 0.3 is 12.1 Å². The summed E-state index contributed by atoms with van der Waals surface area (Å²) in [5, 5.41) is 3.17. The summed E-state index contributed by atoms with van der Waals surface area (Å²) in [4.78, 5) is 43.7. The van der Waals surface area contributed by atoms with E-state index < -0.39 is 23.9 Å². The molecule has 9 nitrogen and oxygen atoms in total. The molecule has 0 radical (unpaired) electrons. The summed E-state index contributed by atoms with van der Waals surface area (Å²) in [6.07, 6.45) is 2.40. The molecule has 0 spiro atoms. The molecule has 3 fully saturated rings. The number of likely N-dealkylation sites (tertiary alicyclic amines) is 1. The maximum Gasteiger partial charge on any atom is 0.412 e. The van der Waals surface area contributed by atoms with E-state index in [4.69, 9.17) is 14.2 Å².